The molecular formula is C17H21N3O2S. The molecule has 1 aliphatic heterocycles. The predicted octanol–water partition coefficient (Wildman–Crippen LogP) is 2.40. The number of rotatable bonds is 4. The number of benzene rings is 1. The highest BCUT2D eigenvalue weighted by atomic mass is 32.2. The summed E-state index contributed by atoms with van der Waals surface area (Å²) in [4.78, 5) is 11.5. The lowest BCUT2D eigenvalue weighted by Gasteiger charge is -2.31. The molecule has 0 saturated heterocycles. The number of fused-ring (bicyclic) bond motifs is 1. The highest BCUT2D eigenvalue weighted by molar-refractivity contribution is 7.91. The highest BCUT2D eigenvalue weighted by Crippen LogP contribution is 2.29. The number of para-hydroxylation sites is 1. The minimum atomic E-state index is -3.24. The first-order chi connectivity index (χ1) is 11.0. The van der Waals surface area contributed by atoms with Gasteiger partial charge in [0.25, 0.3) is 0 Å². The number of anilines is 1. The second-order valence-electron chi connectivity index (χ2n) is 5.65. The van der Waals surface area contributed by atoms with Gasteiger partial charge < -0.3 is 4.90 Å². The zero-order chi connectivity index (χ0) is 16.4. The molecule has 0 aliphatic carbocycles. The number of aryl methyl sites for hydroxylation is 1. The largest absolute Gasteiger partial charge is 0.364 e. The summed E-state index contributed by atoms with van der Waals surface area (Å²) in [6, 6.07) is 7.24. The van der Waals surface area contributed by atoms with Crippen molar-refractivity contribution in [3.05, 3.63) is 47.5 Å². The first-order valence-corrected chi connectivity index (χ1v) is 9.60. The molecule has 0 saturated carbocycles. The van der Waals surface area contributed by atoms with Gasteiger partial charge in [-0.1, -0.05) is 26.0 Å². The minimum Gasteiger partial charge on any atom is -0.364 e. The van der Waals surface area contributed by atoms with E-state index >= 15 is 0 Å². The third-order valence-corrected chi connectivity index (χ3v) is 6.01. The van der Waals surface area contributed by atoms with E-state index in [0.717, 1.165) is 42.2 Å². The van der Waals surface area contributed by atoms with Crippen LogP contribution in [0.3, 0.4) is 0 Å². The van der Waals surface area contributed by atoms with Gasteiger partial charge in [0.1, 0.15) is 5.82 Å². The number of nitrogens with zero attached hydrogens (tertiary/aromatic N) is 3. The van der Waals surface area contributed by atoms with Crippen molar-refractivity contribution in [2.24, 2.45) is 0 Å². The van der Waals surface area contributed by atoms with Crippen molar-refractivity contribution in [2.75, 3.05) is 17.2 Å². The molecule has 0 fully saturated rings. The van der Waals surface area contributed by atoms with Crippen LogP contribution >= 0.6 is 0 Å². The van der Waals surface area contributed by atoms with Crippen LogP contribution in [0.2, 0.25) is 0 Å². The Morgan fingerprint density at radius 2 is 2.00 bits per heavy atom. The molecule has 1 aliphatic rings. The maximum absolute atomic E-state index is 12.4. The van der Waals surface area contributed by atoms with Gasteiger partial charge in [-0.3, -0.25) is 0 Å². The summed E-state index contributed by atoms with van der Waals surface area (Å²) in [5.74, 6) is 0.941. The second kappa shape index (κ2) is 6.28. The van der Waals surface area contributed by atoms with Crippen LogP contribution < -0.4 is 4.90 Å². The van der Waals surface area contributed by atoms with Crippen molar-refractivity contribution in [1.29, 1.82) is 0 Å². The average molecular weight is 331 g/mol. The van der Waals surface area contributed by atoms with E-state index in [4.69, 9.17) is 0 Å². The molecule has 0 bridgehead atoms. The molecule has 0 amide bonds. The lowest BCUT2D eigenvalue weighted by atomic mass is 10.1. The molecule has 23 heavy (non-hydrogen) atoms. The Morgan fingerprint density at radius 1 is 1.22 bits per heavy atom. The van der Waals surface area contributed by atoms with Crippen molar-refractivity contribution in [3.63, 3.8) is 0 Å². The third-order valence-electron chi connectivity index (χ3n) is 4.23. The summed E-state index contributed by atoms with van der Waals surface area (Å²) >= 11 is 0. The summed E-state index contributed by atoms with van der Waals surface area (Å²) in [6.07, 6.45) is 3.54. The molecule has 1 aromatic carbocycles. The quantitative estimate of drug-likeness (QED) is 0.861. The van der Waals surface area contributed by atoms with Crippen molar-refractivity contribution in [3.8, 4) is 0 Å². The van der Waals surface area contributed by atoms with Crippen molar-refractivity contribution in [1.82, 2.24) is 9.97 Å². The fourth-order valence-electron chi connectivity index (χ4n) is 2.86. The SMILES string of the molecule is CCc1ncc2c(n1)CN(c1ccccc1S(=O)(=O)CC)CC2. The van der Waals surface area contributed by atoms with Gasteiger partial charge in [-0.05, 0) is 24.1 Å². The molecule has 0 unspecified atom stereocenters. The molecule has 122 valence electrons. The van der Waals surface area contributed by atoms with E-state index in [0.29, 0.717) is 11.4 Å². The summed E-state index contributed by atoms with van der Waals surface area (Å²) in [7, 11) is -3.24. The standard InChI is InChI=1S/C17H21N3O2S/c1-3-17-18-11-13-9-10-20(12-14(13)19-17)15-7-5-6-8-16(15)23(21,22)4-2/h5-8,11H,3-4,9-10,12H2,1-2H3. The van der Waals surface area contributed by atoms with Crippen LogP contribution in [0.25, 0.3) is 0 Å². The van der Waals surface area contributed by atoms with Crippen molar-refractivity contribution < 1.29 is 8.42 Å². The predicted molar refractivity (Wildman–Crippen MR) is 90.3 cm³/mol. The monoisotopic (exact) mass is 331 g/mol. The molecule has 5 nitrogen and oxygen atoms in total. The van der Waals surface area contributed by atoms with Crippen LogP contribution in [0.5, 0.6) is 0 Å². The molecule has 0 atom stereocenters. The Bertz CT molecular complexity index is 818. The number of hydrogen-bond donors (Lipinski definition) is 0. The van der Waals surface area contributed by atoms with E-state index in [1.165, 1.54) is 0 Å². The van der Waals surface area contributed by atoms with E-state index in [1.807, 2.05) is 25.3 Å². The molecular weight excluding hydrogens is 310 g/mol. The second-order valence-corrected chi connectivity index (χ2v) is 7.90. The maximum Gasteiger partial charge on any atom is 0.180 e. The Kier molecular flexibility index (Phi) is 4.35. The van der Waals surface area contributed by atoms with Gasteiger partial charge in [-0.25, -0.2) is 18.4 Å². The Hall–Kier alpha value is -1.95. The Balaban J connectivity index is 1.98. The fourth-order valence-corrected chi connectivity index (χ4v) is 3.97. The Morgan fingerprint density at radius 3 is 2.74 bits per heavy atom. The van der Waals surface area contributed by atoms with Crippen molar-refractivity contribution >= 4 is 15.5 Å². The zero-order valence-corrected chi connectivity index (χ0v) is 14.3. The molecule has 0 N–H and O–H groups in total. The van der Waals surface area contributed by atoms with Crippen molar-refractivity contribution in [2.45, 2.75) is 38.1 Å². The molecule has 0 spiro atoms. The van der Waals surface area contributed by atoms with Gasteiger partial charge in [-0.15, -0.1) is 0 Å². The third kappa shape index (κ3) is 3.08. The highest BCUT2D eigenvalue weighted by Gasteiger charge is 2.24. The van der Waals surface area contributed by atoms with Crippen LogP contribution in [0, 0.1) is 0 Å². The molecule has 0 radical (unpaired) electrons. The smallest absolute Gasteiger partial charge is 0.180 e. The van der Waals surface area contributed by atoms with Gasteiger partial charge in [0.2, 0.25) is 0 Å². The summed E-state index contributed by atoms with van der Waals surface area (Å²) in [5.41, 5.74) is 2.94. The number of aromatic nitrogens is 2. The van der Waals surface area contributed by atoms with Gasteiger partial charge in [0.05, 0.1) is 28.6 Å². The maximum atomic E-state index is 12.4. The van der Waals surface area contributed by atoms with Crippen LogP contribution in [-0.4, -0.2) is 30.7 Å². The lowest BCUT2D eigenvalue weighted by molar-refractivity contribution is 0.596. The van der Waals surface area contributed by atoms with Crippen LogP contribution in [0.15, 0.2) is 35.4 Å². The fraction of sp³-hybridized carbons (Fsp3) is 0.412. The summed E-state index contributed by atoms with van der Waals surface area (Å²) < 4.78 is 24.7. The van der Waals surface area contributed by atoms with Gasteiger partial charge in [-0.2, -0.15) is 0 Å². The molecule has 6 heteroatoms. The first kappa shape index (κ1) is 15.9. The van der Waals surface area contributed by atoms with E-state index in [9.17, 15) is 8.42 Å². The summed E-state index contributed by atoms with van der Waals surface area (Å²) in [6.45, 7) is 5.11. The van der Waals surface area contributed by atoms with E-state index in [-0.39, 0.29) is 5.75 Å². The first-order valence-electron chi connectivity index (χ1n) is 7.95. The minimum absolute atomic E-state index is 0.108. The molecule has 1 aromatic heterocycles. The van der Waals surface area contributed by atoms with Gasteiger partial charge in [0, 0.05) is 19.2 Å². The molecule has 2 aromatic rings. The average Bonchev–Trinajstić information content (AvgIpc) is 2.60. The van der Waals surface area contributed by atoms with E-state index < -0.39 is 9.84 Å². The summed E-state index contributed by atoms with van der Waals surface area (Å²) in [5, 5.41) is 0. The topological polar surface area (TPSA) is 63.2 Å². The van der Waals surface area contributed by atoms with E-state index in [1.54, 1.807) is 19.1 Å². The molecule has 3 rings (SSSR count). The van der Waals surface area contributed by atoms with Crippen LogP contribution in [0.4, 0.5) is 5.69 Å². The number of hydrogen-bond acceptors (Lipinski definition) is 5. The van der Waals surface area contributed by atoms with Crippen LogP contribution in [-0.2, 0) is 29.2 Å². The van der Waals surface area contributed by atoms with Gasteiger partial charge >= 0.3 is 0 Å². The van der Waals surface area contributed by atoms with Gasteiger partial charge in [0.15, 0.2) is 9.84 Å². The Labute approximate surface area is 137 Å². The molecule has 2 heterocycles. The normalized spacial score (nSPS) is 14.6. The lowest BCUT2D eigenvalue weighted by Crippen LogP contribution is -2.32. The van der Waals surface area contributed by atoms with Crippen LogP contribution in [0.1, 0.15) is 30.9 Å². The number of sulfone groups is 1. The van der Waals surface area contributed by atoms with E-state index in [2.05, 4.69) is 14.9 Å². The zero-order valence-electron chi connectivity index (χ0n) is 13.5.